The van der Waals surface area contributed by atoms with Gasteiger partial charge in [-0.3, -0.25) is 0 Å². The number of hydrogen-bond donors (Lipinski definition) is 0. The van der Waals surface area contributed by atoms with Crippen LogP contribution in [0.3, 0.4) is 0 Å². The summed E-state index contributed by atoms with van der Waals surface area (Å²) < 4.78 is 31.7. The molecule has 10 heteroatoms. The van der Waals surface area contributed by atoms with Crippen LogP contribution in [0, 0.1) is 0 Å². The molecule has 0 saturated heterocycles. The van der Waals surface area contributed by atoms with E-state index in [0.29, 0.717) is 70.0 Å². The van der Waals surface area contributed by atoms with Crippen LogP contribution in [0.1, 0.15) is 34.6 Å². The van der Waals surface area contributed by atoms with Gasteiger partial charge in [0.05, 0.1) is 11.1 Å². The second-order valence-corrected chi connectivity index (χ2v) is 11.9. The molecule has 0 spiro atoms. The molecule has 10 nitrogen and oxygen atoms in total. The zero-order valence-corrected chi connectivity index (χ0v) is 31.0. The number of hydrogen-bond acceptors (Lipinski definition) is 10. The Morgan fingerprint density at radius 3 is 0.982 bits per heavy atom. The Kier molecular flexibility index (Phi) is 15.3. The third-order valence-corrected chi connectivity index (χ3v) is 7.32. The molecule has 0 atom stereocenters. The van der Waals surface area contributed by atoms with Crippen LogP contribution >= 0.6 is 0 Å². The molecular weight excluding hydrogens is 712 g/mol. The van der Waals surface area contributed by atoms with Gasteiger partial charge in [0.2, 0.25) is 0 Å². The molecule has 0 unspecified atom stereocenters. The average molecular weight is 753 g/mol. The lowest BCUT2D eigenvalue weighted by atomic mass is 10.1. The Hall–Kier alpha value is -7.46. The topological polar surface area (TPSA) is 124 Å². The van der Waals surface area contributed by atoms with E-state index in [-0.39, 0.29) is 0 Å². The molecule has 0 radical (unpaired) electrons. The second-order valence-electron chi connectivity index (χ2n) is 11.9. The van der Waals surface area contributed by atoms with Crippen molar-refractivity contribution in [1.29, 1.82) is 0 Å². The monoisotopic (exact) mass is 752 g/mol. The zero-order valence-electron chi connectivity index (χ0n) is 31.0. The fourth-order valence-corrected chi connectivity index (χ4v) is 4.41. The molecule has 0 fully saturated rings. The molecule has 5 aromatic carbocycles. The smallest absolute Gasteiger partial charge is 0.343 e. The van der Waals surface area contributed by atoms with Gasteiger partial charge < -0.3 is 28.4 Å². The van der Waals surface area contributed by atoms with Crippen molar-refractivity contribution in [2.45, 2.75) is 13.8 Å². The summed E-state index contributed by atoms with van der Waals surface area (Å²) in [7, 11) is 0. The van der Waals surface area contributed by atoms with E-state index >= 15 is 0 Å². The number of esters is 4. The predicted octanol–water partition coefficient (Wildman–Crippen LogP) is 9.57. The van der Waals surface area contributed by atoms with Crippen molar-refractivity contribution in [2.24, 2.45) is 0 Å². The molecule has 5 rings (SSSR count). The van der Waals surface area contributed by atoms with E-state index in [1.807, 2.05) is 24.3 Å². The highest BCUT2D eigenvalue weighted by Crippen LogP contribution is 2.26. The van der Waals surface area contributed by atoms with Crippen LogP contribution in [0.15, 0.2) is 171 Å². The van der Waals surface area contributed by atoms with E-state index in [4.69, 9.17) is 28.4 Å². The lowest BCUT2D eigenvalue weighted by Gasteiger charge is -2.08. The van der Waals surface area contributed by atoms with Crippen LogP contribution in [0.25, 0.3) is 11.1 Å². The molecule has 56 heavy (non-hydrogen) atoms. The summed E-state index contributed by atoms with van der Waals surface area (Å²) in [4.78, 5) is 47.5. The van der Waals surface area contributed by atoms with Crippen LogP contribution in [0.4, 0.5) is 0 Å². The van der Waals surface area contributed by atoms with E-state index in [1.54, 1.807) is 111 Å². The van der Waals surface area contributed by atoms with Gasteiger partial charge in [-0.25, -0.2) is 19.2 Å². The molecule has 0 bridgehead atoms. The summed E-state index contributed by atoms with van der Waals surface area (Å²) in [5.74, 6) is 0.941. The molecule has 0 aromatic heterocycles. The number of carbonyl (C=O) groups excluding carboxylic acids is 4. The van der Waals surface area contributed by atoms with E-state index in [0.717, 1.165) is 11.1 Å². The first-order valence-electron chi connectivity index (χ1n) is 17.1. The maximum absolute atomic E-state index is 12.3. The van der Waals surface area contributed by atoms with Crippen LogP contribution < -0.4 is 28.4 Å². The largest absolute Gasteiger partial charge is 0.490 e. The highest BCUT2D eigenvalue weighted by Gasteiger charge is 2.12. The lowest BCUT2D eigenvalue weighted by molar-refractivity contribution is -0.130. The molecule has 284 valence electrons. The highest BCUT2D eigenvalue weighted by atomic mass is 16.5. The maximum atomic E-state index is 12.3. The Balaban J connectivity index is 0.000000255. The van der Waals surface area contributed by atoms with Crippen molar-refractivity contribution in [3.63, 3.8) is 0 Å². The summed E-state index contributed by atoms with van der Waals surface area (Å²) in [6.07, 6.45) is 3.29. The number of rotatable bonds is 15. The maximum Gasteiger partial charge on any atom is 0.343 e. The van der Waals surface area contributed by atoms with Gasteiger partial charge in [0.15, 0.2) is 0 Å². The van der Waals surface area contributed by atoms with Gasteiger partial charge in [-0.15, -0.1) is 0 Å². The third-order valence-electron chi connectivity index (χ3n) is 7.32. The van der Waals surface area contributed by atoms with Crippen LogP contribution in [0.5, 0.6) is 34.5 Å². The van der Waals surface area contributed by atoms with Gasteiger partial charge >= 0.3 is 23.9 Å². The number of carbonyl (C=O) groups is 4. The van der Waals surface area contributed by atoms with Crippen molar-refractivity contribution in [2.75, 3.05) is 13.2 Å². The minimum atomic E-state index is -0.511. The molecule has 0 saturated carbocycles. The Morgan fingerprint density at radius 1 is 0.429 bits per heavy atom. The fourth-order valence-electron chi connectivity index (χ4n) is 4.41. The van der Waals surface area contributed by atoms with E-state index in [2.05, 4.69) is 26.3 Å². The molecule has 0 N–H and O–H groups in total. The van der Waals surface area contributed by atoms with E-state index in [1.165, 1.54) is 12.1 Å². The number of ether oxygens (including phenoxy) is 6. The van der Waals surface area contributed by atoms with Crippen LogP contribution in [0.2, 0.25) is 0 Å². The quantitative estimate of drug-likeness (QED) is 0.0442. The SMILES string of the molecule is C=CCOc1ccc(C(=O)Oc2ccc(-c3ccc(OC(=O)C(=C)C)cc3)cc2)cc1.C=CCOc1ccc(C(=O)Oc2ccc(OC(=O)C(=C)C)cc2)cc1. The van der Waals surface area contributed by atoms with Crippen molar-refractivity contribution < 1.29 is 47.6 Å². The summed E-state index contributed by atoms with van der Waals surface area (Å²) in [6.45, 7) is 18.2. The van der Waals surface area contributed by atoms with Crippen molar-refractivity contribution >= 4 is 23.9 Å². The molecule has 5 aromatic rings. The van der Waals surface area contributed by atoms with Crippen molar-refractivity contribution in [1.82, 2.24) is 0 Å². The predicted molar refractivity (Wildman–Crippen MR) is 213 cm³/mol. The summed E-state index contributed by atoms with van der Waals surface area (Å²) in [5, 5.41) is 0. The van der Waals surface area contributed by atoms with Gasteiger partial charge in [-0.05, 0) is 122 Å². The third kappa shape index (κ3) is 12.9. The first-order valence-corrected chi connectivity index (χ1v) is 17.1. The standard InChI is InChI=1S/C26H22O5.C20H18O5/c1-4-17-29-22-11-9-21(10-12-22)26(28)31-24-15-7-20(8-16-24)19-5-13-23(14-6-19)30-25(27)18(2)3;1-4-13-23-16-7-5-15(6-8-16)20(22)25-18-11-9-17(10-12-18)24-19(21)14(2)3/h4-16H,1-2,17H2,3H3;4-12H,1-2,13H2,3H3. The van der Waals surface area contributed by atoms with Gasteiger partial charge in [0, 0.05) is 11.1 Å². The molecular formula is C46H40O10. The Morgan fingerprint density at radius 2 is 0.696 bits per heavy atom. The summed E-state index contributed by atoms with van der Waals surface area (Å²) in [6, 6.07) is 33.7. The normalized spacial score (nSPS) is 9.96. The minimum Gasteiger partial charge on any atom is -0.490 e. The minimum absolute atomic E-state index is 0.302. The molecule has 0 heterocycles. The first-order chi connectivity index (χ1) is 26.9. The fraction of sp³-hybridized carbons (Fsp3) is 0.0870. The molecule has 0 aliphatic rings. The second kappa shape index (κ2) is 20.7. The van der Waals surface area contributed by atoms with Crippen LogP contribution in [-0.2, 0) is 9.59 Å². The Bertz CT molecular complexity index is 2160. The van der Waals surface area contributed by atoms with Crippen molar-refractivity contribution in [3.8, 4) is 45.6 Å². The lowest BCUT2D eigenvalue weighted by Crippen LogP contribution is -2.09. The van der Waals surface area contributed by atoms with Gasteiger partial charge in [0.25, 0.3) is 0 Å². The zero-order chi connectivity index (χ0) is 40.5. The molecule has 0 aliphatic heterocycles. The van der Waals surface area contributed by atoms with E-state index < -0.39 is 23.9 Å². The van der Waals surface area contributed by atoms with Gasteiger partial charge in [0.1, 0.15) is 47.7 Å². The molecule has 0 aliphatic carbocycles. The average Bonchev–Trinajstić information content (AvgIpc) is 3.21. The van der Waals surface area contributed by atoms with E-state index in [9.17, 15) is 19.2 Å². The number of benzene rings is 5. The first kappa shape index (κ1) is 41.3. The van der Waals surface area contributed by atoms with Crippen LogP contribution in [-0.4, -0.2) is 37.1 Å². The Labute approximate surface area is 325 Å². The molecule has 0 amide bonds. The summed E-state index contributed by atoms with van der Waals surface area (Å²) in [5.41, 5.74) is 3.32. The summed E-state index contributed by atoms with van der Waals surface area (Å²) >= 11 is 0. The van der Waals surface area contributed by atoms with Gasteiger partial charge in [-0.1, -0.05) is 62.7 Å². The highest BCUT2D eigenvalue weighted by molar-refractivity contribution is 5.92. The van der Waals surface area contributed by atoms with Gasteiger partial charge in [-0.2, -0.15) is 0 Å². The van der Waals surface area contributed by atoms with Crippen molar-refractivity contribution in [3.05, 3.63) is 182 Å².